The molecule has 2 heterocycles. The quantitative estimate of drug-likeness (QED) is 0.241. The standard InChI is InChI=1S/C29H46N4O9S/c1-6-7-18-43(37,38)30-25(26(34)39-5)19-22-8-10-23(11-9-22)40-21-24-20-33(27(35)41-24)17-14-31-12-15-32(16-13-31)28(36)42-29(2,3)4/h8-11,24-25,30H,6-7,12-21H2,1-5H3. The lowest BCUT2D eigenvalue weighted by atomic mass is 10.1. The topological polar surface area (TPSA) is 144 Å². The van der Waals surface area contributed by atoms with Gasteiger partial charge >= 0.3 is 18.2 Å². The van der Waals surface area contributed by atoms with E-state index in [1.54, 1.807) is 34.1 Å². The predicted octanol–water partition coefficient (Wildman–Crippen LogP) is 2.24. The number of nitrogens with zero attached hydrogens (tertiary/aromatic N) is 3. The fourth-order valence-corrected chi connectivity index (χ4v) is 6.06. The van der Waals surface area contributed by atoms with E-state index in [1.807, 2.05) is 27.7 Å². The molecule has 2 amide bonds. The molecule has 14 heteroatoms. The fourth-order valence-electron chi connectivity index (χ4n) is 4.66. The van der Waals surface area contributed by atoms with Gasteiger partial charge in [0.05, 0.1) is 19.4 Å². The number of cyclic esters (lactones) is 1. The number of hydrogen-bond acceptors (Lipinski definition) is 10. The number of sulfonamides is 1. The van der Waals surface area contributed by atoms with Crippen molar-refractivity contribution in [1.29, 1.82) is 0 Å². The second-order valence-electron chi connectivity index (χ2n) is 11.8. The zero-order valence-corrected chi connectivity index (χ0v) is 26.7. The largest absolute Gasteiger partial charge is 0.490 e. The SMILES string of the molecule is CCCCS(=O)(=O)NC(Cc1ccc(OCC2CN(CCN3CCN(C(=O)OC(C)(C)C)CC3)C(=O)O2)cc1)C(=O)OC. The molecule has 2 atom stereocenters. The van der Waals surface area contributed by atoms with Gasteiger partial charge in [0.15, 0.2) is 6.10 Å². The minimum atomic E-state index is -3.62. The third-order valence-electron chi connectivity index (χ3n) is 7.03. The van der Waals surface area contributed by atoms with Gasteiger partial charge in [-0.1, -0.05) is 25.5 Å². The molecule has 242 valence electrons. The normalized spacial score (nSPS) is 18.7. The lowest BCUT2D eigenvalue weighted by Crippen LogP contribution is -2.51. The van der Waals surface area contributed by atoms with Crippen LogP contribution in [0, 0.1) is 0 Å². The number of benzene rings is 1. The van der Waals surface area contributed by atoms with E-state index in [1.165, 1.54) is 7.11 Å². The average molecular weight is 627 g/mol. The van der Waals surface area contributed by atoms with Crippen LogP contribution in [0.5, 0.6) is 5.75 Å². The molecule has 0 aliphatic carbocycles. The smallest absolute Gasteiger partial charge is 0.410 e. The first kappa shape index (κ1) is 34.4. The highest BCUT2D eigenvalue weighted by molar-refractivity contribution is 7.89. The van der Waals surface area contributed by atoms with Crippen LogP contribution < -0.4 is 9.46 Å². The number of nitrogens with one attached hydrogen (secondary N) is 1. The summed E-state index contributed by atoms with van der Waals surface area (Å²) in [5.41, 5.74) is 0.202. The molecule has 0 saturated carbocycles. The van der Waals surface area contributed by atoms with Crippen LogP contribution in [0.1, 0.15) is 46.1 Å². The predicted molar refractivity (Wildman–Crippen MR) is 159 cm³/mol. The molecule has 0 radical (unpaired) electrons. The van der Waals surface area contributed by atoms with Crippen LogP contribution in [0.3, 0.4) is 0 Å². The van der Waals surface area contributed by atoms with Crippen LogP contribution in [-0.2, 0) is 35.4 Å². The number of amides is 2. The van der Waals surface area contributed by atoms with E-state index >= 15 is 0 Å². The van der Waals surface area contributed by atoms with Crippen molar-refractivity contribution in [3.8, 4) is 5.75 Å². The summed E-state index contributed by atoms with van der Waals surface area (Å²) in [6, 6.07) is 5.92. The van der Waals surface area contributed by atoms with Gasteiger partial charge in [0.2, 0.25) is 10.0 Å². The molecular formula is C29H46N4O9S. The Morgan fingerprint density at radius 3 is 2.37 bits per heavy atom. The first-order chi connectivity index (χ1) is 20.3. The first-order valence-electron chi connectivity index (χ1n) is 14.7. The lowest BCUT2D eigenvalue weighted by molar-refractivity contribution is -0.142. The summed E-state index contributed by atoms with van der Waals surface area (Å²) < 4.78 is 48.6. The molecule has 1 aromatic carbocycles. The highest BCUT2D eigenvalue weighted by atomic mass is 32.2. The number of hydrogen-bond donors (Lipinski definition) is 1. The molecule has 2 fully saturated rings. The van der Waals surface area contributed by atoms with E-state index in [0.29, 0.717) is 58.0 Å². The molecule has 2 unspecified atom stereocenters. The van der Waals surface area contributed by atoms with Crippen LogP contribution in [-0.4, -0.2) is 124 Å². The summed E-state index contributed by atoms with van der Waals surface area (Å²) >= 11 is 0. The molecule has 0 aromatic heterocycles. The molecule has 2 aliphatic heterocycles. The zero-order valence-electron chi connectivity index (χ0n) is 25.9. The Morgan fingerprint density at radius 2 is 1.77 bits per heavy atom. The summed E-state index contributed by atoms with van der Waals surface area (Å²) in [6.45, 7) is 11.8. The summed E-state index contributed by atoms with van der Waals surface area (Å²) in [6.07, 6.45) is 0.244. The van der Waals surface area contributed by atoms with E-state index in [2.05, 4.69) is 9.62 Å². The maximum absolute atomic E-state index is 12.4. The Morgan fingerprint density at radius 1 is 1.09 bits per heavy atom. The van der Waals surface area contributed by atoms with Crippen molar-refractivity contribution in [3.63, 3.8) is 0 Å². The van der Waals surface area contributed by atoms with E-state index in [9.17, 15) is 22.8 Å². The molecular weight excluding hydrogens is 580 g/mol. The number of piperazine rings is 1. The summed E-state index contributed by atoms with van der Waals surface area (Å²) in [5, 5.41) is 0. The number of ether oxygens (including phenoxy) is 4. The van der Waals surface area contributed by atoms with Crippen molar-refractivity contribution in [3.05, 3.63) is 29.8 Å². The minimum Gasteiger partial charge on any atom is -0.490 e. The molecule has 0 spiro atoms. The second kappa shape index (κ2) is 15.6. The van der Waals surface area contributed by atoms with Crippen molar-refractivity contribution >= 4 is 28.2 Å². The monoisotopic (exact) mass is 626 g/mol. The molecule has 43 heavy (non-hydrogen) atoms. The molecule has 2 saturated heterocycles. The molecule has 13 nitrogen and oxygen atoms in total. The van der Waals surface area contributed by atoms with Crippen LogP contribution in [0.4, 0.5) is 9.59 Å². The summed E-state index contributed by atoms with van der Waals surface area (Å²) in [5.74, 6) is -0.157. The van der Waals surface area contributed by atoms with Gasteiger partial charge in [0, 0.05) is 39.3 Å². The Hall–Kier alpha value is -3.10. The van der Waals surface area contributed by atoms with Gasteiger partial charge in [-0.2, -0.15) is 0 Å². The maximum atomic E-state index is 12.4. The van der Waals surface area contributed by atoms with E-state index in [0.717, 1.165) is 12.0 Å². The number of methoxy groups -OCH3 is 1. The summed E-state index contributed by atoms with van der Waals surface area (Å²) in [7, 11) is -2.40. The van der Waals surface area contributed by atoms with Crippen LogP contribution in [0.15, 0.2) is 24.3 Å². The highest BCUT2D eigenvalue weighted by Gasteiger charge is 2.33. The Kier molecular flexibility index (Phi) is 12.5. The van der Waals surface area contributed by atoms with Gasteiger partial charge < -0.3 is 28.7 Å². The first-order valence-corrected chi connectivity index (χ1v) is 16.4. The minimum absolute atomic E-state index is 0.0558. The van der Waals surface area contributed by atoms with Crippen molar-refractivity contribution in [1.82, 2.24) is 19.4 Å². The fraction of sp³-hybridized carbons (Fsp3) is 0.690. The van der Waals surface area contributed by atoms with Crippen molar-refractivity contribution in [2.45, 2.75) is 64.7 Å². The molecule has 0 bridgehead atoms. The third kappa shape index (κ3) is 11.5. The number of unbranched alkanes of at least 4 members (excludes halogenated alkanes) is 1. The van der Waals surface area contributed by atoms with Crippen molar-refractivity contribution < 1.29 is 41.7 Å². The van der Waals surface area contributed by atoms with Crippen molar-refractivity contribution in [2.75, 3.05) is 65.3 Å². The molecule has 3 rings (SSSR count). The average Bonchev–Trinajstić information content (AvgIpc) is 3.32. The van der Waals surface area contributed by atoms with Gasteiger partial charge in [0.25, 0.3) is 0 Å². The van der Waals surface area contributed by atoms with Gasteiger partial charge in [-0.05, 0) is 51.3 Å². The molecule has 2 aliphatic rings. The Balaban J connectivity index is 1.41. The Labute approximate surface area is 254 Å². The van der Waals surface area contributed by atoms with E-state index in [-0.39, 0.29) is 31.0 Å². The lowest BCUT2D eigenvalue weighted by Gasteiger charge is -2.36. The second-order valence-corrected chi connectivity index (χ2v) is 13.7. The van der Waals surface area contributed by atoms with Crippen LogP contribution >= 0.6 is 0 Å². The third-order valence-corrected chi connectivity index (χ3v) is 8.50. The van der Waals surface area contributed by atoms with Gasteiger partial charge in [-0.15, -0.1) is 0 Å². The van der Waals surface area contributed by atoms with Crippen LogP contribution in [0.25, 0.3) is 0 Å². The van der Waals surface area contributed by atoms with E-state index < -0.39 is 33.7 Å². The number of esters is 1. The summed E-state index contributed by atoms with van der Waals surface area (Å²) in [4.78, 5) is 42.5. The number of carbonyl (C=O) groups excluding carboxylic acids is 3. The Bertz CT molecular complexity index is 1180. The van der Waals surface area contributed by atoms with Gasteiger partial charge in [0.1, 0.15) is 24.0 Å². The molecule has 1 aromatic rings. The molecule has 1 N–H and O–H groups in total. The number of rotatable bonds is 14. The van der Waals surface area contributed by atoms with E-state index in [4.69, 9.17) is 18.9 Å². The van der Waals surface area contributed by atoms with Gasteiger partial charge in [-0.25, -0.2) is 22.7 Å². The van der Waals surface area contributed by atoms with Crippen LogP contribution in [0.2, 0.25) is 0 Å². The number of carbonyl (C=O) groups is 3. The highest BCUT2D eigenvalue weighted by Crippen LogP contribution is 2.18. The van der Waals surface area contributed by atoms with Gasteiger partial charge in [-0.3, -0.25) is 9.69 Å². The van der Waals surface area contributed by atoms with Crippen molar-refractivity contribution in [2.24, 2.45) is 0 Å². The zero-order chi connectivity index (χ0) is 31.6. The maximum Gasteiger partial charge on any atom is 0.410 e.